The molecule has 2 amide bonds. The van der Waals surface area contributed by atoms with Crippen LogP contribution >= 0.6 is 0 Å². The molecule has 10 nitrogen and oxygen atoms in total. The predicted molar refractivity (Wildman–Crippen MR) is 167 cm³/mol. The molecule has 0 radical (unpaired) electrons. The standard InChI is InChI=1S/C34H48N4O6/c1-7-23-27(20-39)38-19-28(23)43-30-25(35-24-16-15-22(42-6)18-26(24)36-30)14-10-8-9-12-21-13-11-17-34(21,5)44-32(41)37-29(31(38)40)33(2,3)4/h15-16,18,20-21,23,27-29H,7-14,17,19H2,1-6H3,(H,37,41)/t21-,23+,27-,28+,29-,34-/m1/s1. The molecule has 0 spiro atoms. The van der Waals surface area contributed by atoms with Crippen LogP contribution < -0.4 is 14.8 Å². The number of alkyl carbamates (subject to hydrolysis) is 1. The van der Waals surface area contributed by atoms with Gasteiger partial charge in [-0.25, -0.2) is 14.8 Å². The number of nitrogens with one attached hydrogen (secondary N) is 1. The van der Waals surface area contributed by atoms with Gasteiger partial charge in [-0.2, -0.15) is 0 Å². The number of fused-ring (bicyclic) bond motifs is 5. The number of rotatable bonds is 3. The van der Waals surface area contributed by atoms with Gasteiger partial charge in [-0.15, -0.1) is 0 Å². The van der Waals surface area contributed by atoms with Gasteiger partial charge < -0.3 is 29.2 Å². The summed E-state index contributed by atoms with van der Waals surface area (Å²) >= 11 is 0. The van der Waals surface area contributed by atoms with E-state index in [2.05, 4.69) is 5.32 Å². The molecule has 10 heteroatoms. The first kappa shape index (κ1) is 32.0. The fourth-order valence-corrected chi connectivity index (χ4v) is 7.35. The number of carbonyl (C=O) groups excluding carboxylic acids is 3. The molecule has 1 aliphatic carbocycles. The first-order valence-corrected chi connectivity index (χ1v) is 16.2. The van der Waals surface area contributed by atoms with E-state index in [0.29, 0.717) is 30.0 Å². The van der Waals surface area contributed by atoms with Crippen molar-refractivity contribution in [3.63, 3.8) is 0 Å². The first-order valence-electron chi connectivity index (χ1n) is 16.2. The normalized spacial score (nSPS) is 30.3. The van der Waals surface area contributed by atoms with E-state index in [0.717, 1.165) is 62.4 Å². The minimum atomic E-state index is -0.889. The molecule has 6 atom stereocenters. The number of benzene rings is 1. The van der Waals surface area contributed by atoms with Crippen molar-refractivity contribution in [2.24, 2.45) is 17.3 Å². The maximum atomic E-state index is 14.2. The fraction of sp³-hybridized carbons (Fsp3) is 0.676. The predicted octanol–water partition coefficient (Wildman–Crippen LogP) is 5.64. The third-order valence-corrected chi connectivity index (χ3v) is 9.97. The Morgan fingerprint density at radius 2 is 1.89 bits per heavy atom. The van der Waals surface area contributed by atoms with E-state index in [1.54, 1.807) is 12.0 Å². The lowest BCUT2D eigenvalue weighted by molar-refractivity contribution is -0.139. The topological polar surface area (TPSA) is 120 Å². The van der Waals surface area contributed by atoms with E-state index in [-0.39, 0.29) is 24.3 Å². The van der Waals surface area contributed by atoms with E-state index in [1.165, 1.54) is 0 Å². The molecular weight excluding hydrogens is 560 g/mol. The average Bonchev–Trinajstić information content (AvgIpc) is 3.52. The zero-order valence-corrected chi connectivity index (χ0v) is 27.1. The number of aryl methyl sites for hydroxylation is 1. The van der Waals surface area contributed by atoms with E-state index in [4.69, 9.17) is 24.2 Å². The number of aromatic nitrogens is 2. The summed E-state index contributed by atoms with van der Waals surface area (Å²) in [6.45, 7) is 9.94. The number of hydrogen-bond acceptors (Lipinski definition) is 8. The summed E-state index contributed by atoms with van der Waals surface area (Å²) in [5, 5.41) is 2.91. The quantitative estimate of drug-likeness (QED) is 0.445. The molecule has 2 aromatic rings. The zero-order valence-electron chi connectivity index (χ0n) is 27.1. The molecule has 1 N–H and O–H groups in total. The molecule has 5 rings (SSSR count). The van der Waals surface area contributed by atoms with Crippen molar-refractivity contribution in [3.05, 3.63) is 23.9 Å². The molecule has 0 unspecified atom stereocenters. The van der Waals surface area contributed by atoms with Crippen molar-refractivity contribution in [3.8, 4) is 11.6 Å². The maximum Gasteiger partial charge on any atom is 0.408 e. The highest BCUT2D eigenvalue weighted by Crippen LogP contribution is 2.42. The van der Waals surface area contributed by atoms with Gasteiger partial charge in [-0.05, 0) is 75.3 Å². The van der Waals surface area contributed by atoms with Gasteiger partial charge >= 0.3 is 6.09 Å². The number of hydrogen-bond donors (Lipinski definition) is 1. The highest BCUT2D eigenvalue weighted by atomic mass is 16.6. The fourth-order valence-electron chi connectivity index (χ4n) is 7.35. The van der Waals surface area contributed by atoms with Gasteiger partial charge in [0.15, 0.2) is 0 Å². The molecule has 2 bridgehead atoms. The molecular formula is C34H48N4O6. The molecule has 3 heterocycles. The molecule has 1 saturated carbocycles. The molecule has 3 aliphatic rings. The van der Waals surface area contributed by atoms with Crippen LogP contribution in [0.4, 0.5) is 4.79 Å². The number of nitrogens with zero attached hydrogens (tertiary/aromatic N) is 3. The van der Waals surface area contributed by atoms with Crippen molar-refractivity contribution < 1.29 is 28.6 Å². The second-order valence-corrected chi connectivity index (χ2v) is 14.0. The minimum Gasteiger partial charge on any atom is -0.497 e. The van der Waals surface area contributed by atoms with Crippen molar-refractivity contribution in [2.45, 2.75) is 116 Å². The van der Waals surface area contributed by atoms with Gasteiger partial charge in [0.05, 0.1) is 30.7 Å². The largest absolute Gasteiger partial charge is 0.497 e. The van der Waals surface area contributed by atoms with Crippen molar-refractivity contribution >= 4 is 29.3 Å². The summed E-state index contributed by atoms with van der Waals surface area (Å²) in [6, 6.07) is 4.03. The summed E-state index contributed by atoms with van der Waals surface area (Å²) in [5.41, 5.74) is 0.993. The molecule has 1 aromatic heterocycles. The maximum absolute atomic E-state index is 14.2. The monoisotopic (exact) mass is 608 g/mol. The van der Waals surface area contributed by atoms with Crippen LogP contribution in [0.15, 0.2) is 18.2 Å². The van der Waals surface area contributed by atoms with Gasteiger partial charge in [0.2, 0.25) is 11.8 Å². The van der Waals surface area contributed by atoms with E-state index < -0.39 is 35.3 Å². The molecule has 44 heavy (non-hydrogen) atoms. The Morgan fingerprint density at radius 3 is 2.59 bits per heavy atom. The summed E-state index contributed by atoms with van der Waals surface area (Å²) in [6.07, 6.45) is 7.80. The Labute approximate surface area is 260 Å². The molecule has 1 aromatic carbocycles. The minimum absolute atomic E-state index is 0.196. The second-order valence-electron chi connectivity index (χ2n) is 14.0. The third-order valence-electron chi connectivity index (χ3n) is 9.97. The van der Waals surface area contributed by atoms with Crippen molar-refractivity contribution in [2.75, 3.05) is 13.7 Å². The Morgan fingerprint density at radius 1 is 1.11 bits per heavy atom. The van der Waals surface area contributed by atoms with Crippen LogP contribution in [-0.4, -0.2) is 70.6 Å². The smallest absolute Gasteiger partial charge is 0.408 e. The lowest BCUT2D eigenvalue weighted by Crippen LogP contribution is -2.57. The van der Waals surface area contributed by atoms with E-state index in [1.807, 2.05) is 52.8 Å². The lowest BCUT2D eigenvalue weighted by atomic mass is 9.85. The van der Waals surface area contributed by atoms with E-state index >= 15 is 0 Å². The summed E-state index contributed by atoms with van der Waals surface area (Å²) in [7, 11) is 1.61. The Balaban J connectivity index is 1.54. The Hall–Kier alpha value is -3.43. The molecule has 1 saturated heterocycles. The molecule has 2 fully saturated rings. The number of carbonyl (C=O) groups is 3. The average molecular weight is 609 g/mol. The zero-order chi connectivity index (χ0) is 31.6. The van der Waals surface area contributed by atoms with Crippen molar-refractivity contribution in [1.29, 1.82) is 0 Å². The molecule has 240 valence electrons. The molecule has 2 aliphatic heterocycles. The first-order chi connectivity index (χ1) is 21.0. The van der Waals surface area contributed by atoms with Gasteiger partial charge in [-0.3, -0.25) is 4.79 Å². The Kier molecular flexibility index (Phi) is 9.37. The van der Waals surface area contributed by atoms with Gasteiger partial charge in [0.1, 0.15) is 35.5 Å². The summed E-state index contributed by atoms with van der Waals surface area (Å²) in [4.78, 5) is 51.6. The van der Waals surface area contributed by atoms with Crippen LogP contribution in [0.25, 0.3) is 11.0 Å². The number of aldehydes is 1. The van der Waals surface area contributed by atoms with Crippen LogP contribution in [0.1, 0.15) is 91.7 Å². The van der Waals surface area contributed by atoms with Crippen LogP contribution in [0.5, 0.6) is 11.6 Å². The van der Waals surface area contributed by atoms with Gasteiger partial charge in [-0.1, -0.05) is 40.5 Å². The van der Waals surface area contributed by atoms with Gasteiger partial charge in [0.25, 0.3) is 0 Å². The van der Waals surface area contributed by atoms with Crippen LogP contribution in [0, 0.1) is 17.3 Å². The van der Waals surface area contributed by atoms with Crippen molar-refractivity contribution in [1.82, 2.24) is 20.2 Å². The third kappa shape index (κ3) is 6.49. The highest BCUT2D eigenvalue weighted by Gasteiger charge is 2.49. The highest BCUT2D eigenvalue weighted by molar-refractivity contribution is 5.89. The number of ether oxygens (including phenoxy) is 3. The Bertz CT molecular complexity index is 1380. The van der Waals surface area contributed by atoms with Gasteiger partial charge in [0, 0.05) is 12.0 Å². The second kappa shape index (κ2) is 12.9. The SMILES string of the molecule is CC[C@@H]1[C@@H]2CN(C(=O)[C@H](C(C)(C)C)NC(=O)O[C@]3(C)CCC[C@H]3CCCCCc3nc4ccc(OC)cc4nc3O2)[C@@H]1C=O. The lowest BCUT2D eigenvalue weighted by Gasteiger charge is -2.37. The summed E-state index contributed by atoms with van der Waals surface area (Å²) < 4.78 is 18.2. The number of amides is 2. The van der Waals surface area contributed by atoms with Crippen LogP contribution in [0.2, 0.25) is 0 Å². The summed E-state index contributed by atoms with van der Waals surface area (Å²) in [5.74, 6) is 0.802. The van der Waals surface area contributed by atoms with E-state index in [9.17, 15) is 14.4 Å². The van der Waals surface area contributed by atoms with Crippen LogP contribution in [-0.2, 0) is 20.7 Å². The van der Waals surface area contributed by atoms with Crippen LogP contribution in [0.3, 0.4) is 0 Å². The number of methoxy groups -OCH3 is 1.